The predicted octanol–water partition coefficient (Wildman–Crippen LogP) is 3.28. The zero-order chi connectivity index (χ0) is 17.1. The summed E-state index contributed by atoms with van der Waals surface area (Å²) >= 11 is 0. The van der Waals surface area contributed by atoms with Gasteiger partial charge in [-0.1, -0.05) is 30.3 Å². The summed E-state index contributed by atoms with van der Waals surface area (Å²) in [5.41, 5.74) is 3.12. The number of rotatable bonds is 4. The molecule has 0 saturated carbocycles. The van der Waals surface area contributed by atoms with Crippen molar-refractivity contribution in [2.24, 2.45) is 7.05 Å². The third-order valence-electron chi connectivity index (χ3n) is 3.75. The van der Waals surface area contributed by atoms with Crippen molar-refractivity contribution >= 4 is 28.5 Å². The first-order valence-corrected chi connectivity index (χ1v) is 7.62. The molecule has 2 aromatic carbocycles. The second-order valence-corrected chi connectivity index (χ2v) is 5.66. The van der Waals surface area contributed by atoms with Gasteiger partial charge in [-0.3, -0.25) is 4.79 Å². The van der Waals surface area contributed by atoms with Crippen molar-refractivity contribution in [2.75, 3.05) is 11.9 Å². The quantitative estimate of drug-likeness (QED) is 0.750. The van der Waals surface area contributed by atoms with E-state index in [1.54, 1.807) is 12.3 Å². The lowest BCUT2D eigenvalue weighted by Crippen LogP contribution is -2.20. The van der Waals surface area contributed by atoms with E-state index in [9.17, 15) is 9.59 Å². The number of hydrogen-bond acceptors (Lipinski definition) is 3. The van der Waals surface area contributed by atoms with E-state index in [2.05, 4.69) is 5.32 Å². The van der Waals surface area contributed by atoms with Crippen LogP contribution >= 0.6 is 0 Å². The highest BCUT2D eigenvalue weighted by atomic mass is 16.5. The molecule has 0 aliphatic carbocycles. The summed E-state index contributed by atoms with van der Waals surface area (Å²) in [5.74, 6) is -0.875. The van der Waals surface area contributed by atoms with Crippen molar-refractivity contribution in [3.05, 3.63) is 65.9 Å². The van der Waals surface area contributed by atoms with Crippen LogP contribution in [-0.4, -0.2) is 23.1 Å². The van der Waals surface area contributed by atoms with Gasteiger partial charge in [-0.05, 0) is 30.7 Å². The third kappa shape index (κ3) is 3.30. The Morgan fingerprint density at radius 3 is 2.71 bits per heavy atom. The van der Waals surface area contributed by atoms with Gasteiger partial charge < -0.3 is 14.6 Å². The van der Waals surface area contributed by atoms with Gasteiger partial charge in [-0.25, -0.2) is 4.79 Å². The summed E-state index contributed by atoms with van der Waals surface area (Å²) < 4.78 is 7.01. The van der Waals surface area contributed by atoms with Crippen molar-refractivity contribution in [2.45, 2.75) is 6.92 Å². The summed E-state index contributed by atoms with van der Waals surface area (Å²) in [4.78, 5) is 24.2. The molecule has 3 rings (SSSR count). The number of fused-ring (bicyclic) bond motifs is 1. The first kappa shape index (κ1) is 15.8. The molecule has 1 aromatic heterocycles. The number of carbonyl (C=O) groups is 2. The molecule has 0 bridgehead atoms. The standard InChI is InChI=1S/C19H18N2O3/c1-13-6-5-7-14(10-13)20-18(22)12-24-19(23)16-11-21(2)17-9-4-3-8-15(16)17/h3-11H,12H2,1-2H3,(H,20,22). The van der Waals surface area contributed by atoms with Gasteiger partial charge in [-0.2, -0.15) is 0 Å². The van der Waals surface area contributed by atoms with Crippen molar-refractivity contribution in [1.82, 2.24) is 4.57 Å². The summed E-state index contributed by atoms with van der Waals surface area (Å²) in [7, 11) is 1.86. The molecule has 5 nitrogen and oxygen atoms in total. The number of carbonyl (C=O) groups excluding carboxylic acids is 2. The maximum atomic E-state index is 12.3. The minimum atomic E-state index is -0.508. The van der Waals surface area contributed by atoms with Crippen LogP contribution in [0.15, 0.2) is 54.7 Å². The lowest BCUT2D eigenvalue weighted by Gasteiger charge is -2.07. The Kier molecular flexibility index (Phi) is 4.33. The molecule has 3 aromatic rings. The average Bonchev–Trinajstić information content (AvgIpc) is 2.90. The number of esters is 1. The van der Waals surface area contributed by atoms with Gasteiger partial charge in [-0.15, -0.1) is 0 Å². The first-order valence-electron chi connectivity index (χ1n) is 7.62. The predicted molar refractivity (Wildman–Crippen MR) is 93.0 cm³/mol. The van der Waals surface area contributed by atoms with Crippen molar-refractivity contribution in [3.8, 4) is 0 Å². The van der Waals surface area contributed by atoms with E-state index in [0.29, 0.717) is 11.3 Å². The topological polar surface area (TPSA) is 60.3 Å². The number of ether oxygens (including phenoxy) is 1. The van der Waals surface area contributed by atoms with Gasteiger partial charge in [0.25, 0.3) is 5.91 Å². The number of anilines is 1. The summed E-state index contributed by atoms with van der Waals surface area (Å²) in [6.45, 7) is 1.62. The minimum Gasteiger partial charge on any atom is -0.452 e. The fourth-order valence-corrected chi connectivity index (χ4v) is 2.63. The largest absolute Gasteiger partial charge is 0.452 e. The number of para-hydroxylation sites is 1. The molecule has 122 valence electrons. The molecule has 0 atom stereocenters. The molecule has 0 spiro atoms. The molecule has 5 heteroatoms. The smallest absolute Gasteiger partial charge is 0.340 e. The number of nitrogens with zero attached hydrogens (tertiary/aromatic N) is 1. The molecule has 24 heavy (non-hydrogen) atoms. The molecule has 0 unspecified atom stereocenters. The Hall–Kier alpha value is -3.08. The first-order chi connectivity index (χ1) is 11.5. The molecule has 1 N–H and O–H groups in total. The van der Waals surface area contributed by atoms with Crippen LogP contribution in [0.3, 0.4) is 0 Å². The van der Waals surface area contributed by atoms with E-state index in [4.69, 9.17) is 4.74 Å². The Morgan fingerprint density at radius 2 is 1.92 bits per heavy atom. The average molecular weight is 322 g/mol. The molecule has 1 amide bonds. The Labute approximate surface area is 139 Å². The van der Waals surface area contributed by atoms with Gasteiger partial charge in [0.1, 0.15) is 0 Å². The molecule has 0 fully saturated rings. The second kappa shape index (κ2) is 6.58. The number of amides is 1. The van der Waals surface area contributed by atoms with Gasteiger partial charge in [0.15, 0.2) is 6.61 Å². The zero-order valence-electron chi connectivity index (χ0n) is 13.6. The van der Waals surface area contributed by atoms with E-state index < -0.39 is 5.97 Å². The summed E-state index contributed by atoms with van der Waals surface area (Å²) in [6, 6.07) is 15.0. The van der Waals surface area contributed by atoms with Crippen LogP contribution in [0.5, 0.6) is 0 Å². The second-order valence-electron chi connectivity index (χ2n) is 5.66. The lowest BCUT2D eigenvalue weighted by molar-refractivity contribution is -0.119. The van der Waals surface area contributed by atoms with Gasteiger partial charge in [0, 0.05) is 29.8 Å². The van der Waals surface area contributed by atoms with Crippen molar-refractivity contribution in [1.29, 1.82) is 0 Å². The van der Waals surface area contributed by atoms with E-state index in [-0.39, 0.29) is 12.5 Å². The molecular formula is C19H18N2O3. The maximum Gasteiger partial charge on any atom is 0.340 e. The van der Waals surface area contributed by atoms with E-state index in [1.807, 2.05) is 61.0 Å². The molecule has 0 saturated heterocycles. The number of benzene rings is 2. The van der Waals surface area contributed by atoms with E-state index in [1.165, 1.54) is 0 Å². The van der Waals surface area contributed by atoms with E-state index >= 15 is 0 Å². The fourth-order valence-electron chi connectivity index (χ4n) is 2.63. The Bertz CT molecular complexity index is 912. The van der Waals surface area contributed by atoms with Gasteiger partial charge >= 0.3 is 5.97 Å². The van der Waals surface area contributed by atoms with Gasteiger partial charge in [0.2, 0.25) is 0 Å². The summed E-state index contributed by atoms with van der Waals surface area (Å²) in [6.07, 6.45) is 1.71. The van der Waals surface area contributed by atoms with Crippen molar-refractivity contribution in [3.63, 3.8) is 0 Å². The number of aryl methyl sites for hydroxylation is 2. The summed E-state index contributed by atoms with van der Waals surface area (Å²) in [5, 5.41) is 3.52. The van der Waals surface area contributed by atoms with Crippen LogP contribution in [0.25, 0.3) is 10.9 Å². The normalized spacial score (nSPS) is 10.6. The number of hydrogen-bond donors (Lipinski definition) is 1. The van der Waals surface area contributed by atoms with E-state index in [0.717, 1.165) is 16.5 Å². The monoisotopic (exact) mass is 322 g/mol. The van der Waals surface area contributed by atoms with Crippen LogP contribution in [0.1, 0.15) is 15.9 Å². The SMILES string of the molecule is Cc1cccc(NC(=O)COC(=O)c2cn(C)c3ccccc23)c1. The molecular weight excluding hydrogens is 304 g/mol. The highest BCUT2D eigenvalue weighted by molar-refractivity contribution is 6.05. The lowest BCUT2D eigenvalue weighted by atomic mass is 10.2. The zero-order valence-corrected chi connectivity index (χ0v) is 13.6. The minimum absolute atomic E-state index is 0.323. The van der Waals surface area contributed by atoms with Gasteiger partial charge in [0.05, 0.1) is 5.56 Å². The highest BCUT2D eigenvalue weighted by Crippen LogP contribution is 2.21. The Balaban J connectivity index is 1.65. The fraction of sp³-hybridized carbons (Fsp3) is 0.158. The highest BCUT2D eigenvalue weighted by Gasteiger charge is 2.16. The number of aromatic nitrogens is 1. The third-order valence-corrected chi connectivity index (χ3v) is 3.75. The molecule has 0 aliphatic heterocycles. The van der Waals surface area contributed by atoms with Crippen LogP contribution in [-0.2, 0) is 16.6 Å². The van der Waals surface area contributed by atoms with Crippen LogP contribution < -0.4 is 5.32 Å². The Morgan fingerprint density at radius 1 is 1.12 bits per heavy atom. The molecule has 0 aliphatic rings. The van der Waals surface area contributed by atoms with Crippen LogP contribution in [0.4, 0.5) is 5.69 Å². The van der Waals surface area contributed by atoms with Crippen LogP contribution in [0.2, 0.25) is 0 Å². The maximum absolute atomic E-state index is 12.3. The van der Waals surface area contributed by atoms with Crippen LogP contribution in [0, 0.1) is 6.92 Å². The molecule has 1 heterocycles. The number of nitrogens with one attached hydrogen (secondary N) is 1. The molecule has 0 radical (unpaired) electrons. The van der Waals surface area contributed by atoms with Crippen molar-refractivity contribution < 1.29 is 14.3 Å².